The van der Waals surface area contributed by atoms with Crippen LogP contribution >= 0.6 is 23.2 Å². The SMILES string of the molecule is C=C(Cl)CNS(=O)(=O)c1ccc(C(=O)O)c(Cl)c1. The van der Waals surface area contributed by atoms with Crippen molar-refractivity contribution in [3.8, 4) is 0 Å². The van der Waals surface area contributed by atoms with Crippen molar-refractivity contribution in [2.24, 2.45) is 0 Å². The van der Waals surface area contributed by atoms with Crippen molar-refractivity contribution in [3.63, 3.8) is 0 Å². The van der Waals surface area contributed by atoms with Gasteiger partial charge in [0.2, 0.25) is 10.0 Å². The zero-order valence-corrected chi connectivity index (χ0v) is 11.3. The van der Waals surface area contributed by atoms with Gasteiger partial charge in [0.25, 0.3) is 0 Å². The molecule has 0 aliphatic heterocycles. The van der Waals surface area contributed by atoms with Crippen LogP contribution in [-0.2, 0) is 10.0 Å². The molecule has 1 aromatic rings. The lowest BCUT2D eigenvalue weighted by Crippen LogP contribution is -2.24. The van der Waals surface area contributed by atoms with E-state index in [0.717, 1.165) is 18.2 Å². The number of hydrogen-bond acceptors (Lipinski definition) is 3. The molecular weight excluding hydrogens is 301 g/mol. The predicted molar refractivity (Wildman–Crippen MR) is 68.6 cm³/mol. The van der Waals surface area contributed by atoms with E-state index in [2.05, 4.69) is 11.3 Å². The number of halogens is 2. The first kappa shape index (κ1) is 15.0. The van der Waals surface area contributed by atoms with Crippen LogP contribution < -0.4 is 4.72 Å². The molecule has 0 aliphatic carbocycles. The number of carboxylic acid groups (broad SMARTS) is 1. The van der Waals surface area contributed by atoms with E-state index >= 15 is 0 Å². The third-order valence-corrected chi connectivity index (χ3v) is 3.78. The van der Waals surface area contributed by atoms with Gasteiger partial charge in [-0.2, -0.15) is 0 Å². The van der Waals surface area contributed by atoms with Crippen LogP contribution in [-0.4, -0.2) is 26.0 Å². The largest absolute Gasteiger partial charge is 0.478 e. The summed E-state index contributed by atoms with van der Waals surface area (Å²) in [7, 11) is -3.79. The first-order valence-corrected chi connectivity index (χ1v) is 6.84. The quantitative estimate of drug-likeness (QED) is 0.872. The zero-order valence-electron chi connectivity index (χ0n) is 8.98. The van der Waals surface area contributed by atoms with E-state index in [1.807, 2.05) is 0 Å². The van der Waals surface area contributed by atoms with Gasteiger partial charge in [-0.3, -0.25) is 0 Å². The van der Waals surface area contributed by atoms with Crippen LogP contribution in [0.15, 0.2) is 34.7 Å². The van der Waals surface area contributed by atoms with Crippen molar-refractivity contribution in [1.29, 1.82) is 0 Å². The van der Waals surface area contributed by atoms with Crippen molar-refractivity contribution in [2.75, 3.05) is 6.54 Å². The van der Waals surface area contributed by atoms with Crippen LogP contribution in [0, 0.1) is 0 Å². The summed E-state index contributed by atoms with van der Waals surface area (Å²) < 4.78 is 25.7. The maximum atomic E-state index is 11.8. The molecule has 0 fully saturated rings. The maximum Gasteiger partial charge on any atom is 0.337 e. The van der Waals surface area contributed by atoms with Crippen molar-refractivity contribution >= 4 is 39.2 Å². The van der Waals surface area contributed by atoms with Gasteiger partial charge in [-0.1, -0.05) is 29.8 Å². The standard InChI is InChI=1S/C10H9Cl2NO4S/c1-6(11)5-13-18(16,17)7-2-3-8(10(14)15)9(12)4-7/h2-4,13H,1,5H2,(H,14,15). The number of aromatic carboxylic acids is 1. The molecule has 0 radical (unpaired) electrons. The minimum Gasteiger partial charge on any atom is -0.478 e. The molecule has 0 spiro atoms. The van der Waals surface area contributed by atoms with E-state index in [1.165, 1.54) is 0 Å². The Morgan fingerprint density at radius 3 is 2.50 bits per heavy atom. The number of nitrogens with one attached hydrogen (secondary N) is 1. The zero-order chi connectivity index (χ0) is 13.9. The van der Waals surface area contributed by atoms with Gasteiger partial charge in [-0.25, -0.2) is 17.9 Å². The Balaban J connectivity index is 3.08. The lowest BCUT2D eigenvalue weighted by molar-refractivity contribution is 0.0697. The number of benzene rings is 1. The highest BCUT2D eigenvalue weighted by Gasteiger charge is 2.17. The predicted octanol–water partition coefficient (Wildman–Crippen LogP) is 2.07. The van der Waals surface area contributed by atoms with Gasteiger partial charge in [0.1, 0.15) is 0 Å². The van der Waals surface area contributed by atoms with Gasteiger partial charge in [-0.05, 0) is 18.2 Å². The molecule has 2 N–H and O–H groups in total. The summed E-state index contributed by atoms with van der Waals surface area (Å²) in [6, 6.07) is 3.33. The molecule has 0 aromatic heterocycles. The average Bonchev–Trinajstić information content (AvgIpc) is 2.26. The van der Waals surface area contributed by atoms with Crippen LogP contribution in [0.25, 0.3) is 0 Å². The fraction of sp³-hybridized carbons (Fsp3) is 0.100. The number of sulfonamides is 1. The Morgan fingerprint density at radius 1 is 1.44 bits per heavy atom. The van der Waals surface area contributed by atoms with Crippen LogP contribution in [0.4, 0.5) is 0 Å². The van der Waals surface area contributed by atoms with Crippen molar-refractivity contribution < 1.29 is 18.3 Å². The van der Waals surface area contributed by atoms with Gasteiger partial charge < -0.3 is 5.11 Å². The summed E-state index contributed by atoms with van der Waals surface area (Å²) in [4.78, 5) is 10.6. The number of carbonyl (C=O) groups is 1. The van der Waals surface area contributed by atoms with Crippen LogP contribution in [0.3, 0.4) is 0 Å². The smallest absolute Gasteiger partial charge is 0.337 e. The van der Waals surface area contributed by atoms with E-state index in [1.54, 1.807) is 0 Å². The van der Waals surface area contributed by atoms with E-state index in [4.69, 9.17) is 28.3 Å². The van der Waals surface area contributed by atoms with E-state index in [9.17, 15) is 13.2 Å². The Kier molecular flexibility index (Phi) is 4.75. The fourth-order valence-electron chi connectivity index (χ4n) is 1.09. The highest BCUT2D eigenvalue weighted by molar-refractivity contribution is 7.89. The van der Waals surface area contributed by atoms with E-state index < -0.39 is 16.0 Å². The molecule has 5 nitrogen and oxygen atoms in total. The summed E-state index contributed by atoms with van der Waals surface area (Å²) in [5, 5.41) is 8.73. The highest BCUT2D eigenvalue weighted by Crippen LogP contribution is 2.20. The lowest BCUT2D eigenvalue weighted by atomic mass is 10.2. The third-order valence-electron chi connectivity index (χ3n) is 1.94. The fourth-order valence-corrected chi connectivity index (χ4v) is 2.62. The number of carboxylic acids is 1. The van der Waals surface area contributed by atoms with E-state index in [-0.39, 0.29) is 27.1 Å². The molecule has 8 heteroatoms. The second-order valence-corrected chi connectivity index (χ2v) is 6.00. The first-order valence-electron chi connectivity index (χ1n) is 4.60. The summed E-state index contributed by atoms with van der Waals surface area (Å²) in [5.41, 5.74) is -0.169. The highest BCUT2D eigenvalue weighted by atomic mass is 35.5. The number of rotatable bonds is 5. The molecule has 0 aliphatic rings. The second-order valence-electron chi connectivity index (χ2n) is 3.29. The normalized spacial score (nSPS) is 11.2. The number of hydrogen-bond donors (Lipinski definition) is 2. The molecule has 0 amide bonds. The molecule has 18 heavy (non-hydrogen) atoms. The van der Waals surface area contributed by atoms with Gasteiger partial charge in [0.05, 0.1) is 15.5 Å². The molecular formula is C10H9Cl2NO4S. The van der Waals surface area contributed by atoms with Gasteiger partial charge in [-0.15, -0.1) is 0 Å². The summed E-state index contributed by atoms with van der Waals surface area (Å²) in [5.74, 6) is -1.23. The Labute approximate surface area is 114 Å². The molecule has 0 saturated heterocycles. The van der Waals surface area contributed by atoms with Crippen LogP contribution in [0.1, 0.15) is 10.4 Å². The molecule has 1 aromatic carbocycles. The second kappa shape index (κ2) is 5.71. The molecule has 1 rings (SSSR count). The average molecular weight is 310 g/mol. The van der Waals surface area contributed by atoms with Crippen molar-refractivity contribution in [3.05, 3.63) is 40.4 Å². The minimum atomic E-state index is -3.79. The molecule has 0 saturated carbocycles. The first-order chi connectivity index (χ1) is 8.24. The third kappa shape index (κ3) is 3.71. The minimum absolute atomic E-state index is 0.123. The lowest BCUT2D eigenvalue weighted by Gasteiger charge is -2.07. The molecule has 98 valence electrons. The summed E-state index contributed by atoms with van der Waals surface area (Å²) >= 11 is 11.1. The molecule has 0 atom stereocenters. The Morgan fingerprint density at radius 2 is 2.06 bits per heavy atom. The van der Waals surface area contributed by atoms with E-state index in [0.29, 0.717) is 0 Å². The topological polar surface area (TPSA) is 83.5 Å². The van der Waals surface area contributed by atoms with Crippen molar-refractivity contribution in [2.45, 2.75) is 4.90 Å². The van der Waals surface area contributed by atoms with Gasteiger partial charge in [0.15, 0.2) is 0 Å². The maximum absolute atomic E-state index is 11.8. The monoisotopic (exact) mass is 309 g/mol. The molecule has 0 unspecified atom stereocenters. The van der Waals surface area contributed by atoms with Crippen LogP contribution in [0.5, 0.6) is 0 Å². The summed E-state index contributed by atoms with van der Waals surface area (Å²) in [6.45, 7) is 3.22. The molecule has 0 heterocycles. The molecule has 0 bridgehead atoms. The van der Waals surface area contributed by atoms with Crippen molar-refractivity contribution in [1.82, 2.24) is 4.72 Å². The Hall–Kier alpha value is -1.08. The van der Waals surface area contributed by atoms with Gasteiger partial charge in [0, 0.05) is 11.6 Å². The Bertz CT molecular complexity index is 598. The van der Waals surface area contributed by atoms with Gasteiger partial charge >= 0.3 is 5.97 Å². The summed E-state index contributed by atoms with van der Waals surface area (Å²) in [6.07, 6.45) is 0. The van der Waals surface area contributed by atoms with Crippen LogP contribution in [0.2, 0.25) is 5.02 Å².